The highest BCUT2D eigenvalue weighted by molar-refractivity contribution is 6.31. The monoisotopic (exact) mass is 479 g/mol. The Balaban J connectivity index is 1.31. The van der Waals surface area contributed by atoms with Crippen LogP contribution in [0.15, 0.2) is 48.8 Å². The largest absolute Gasteiger partial charge is 0.482 e. The van der Waals surface area contributed by atoms with E-state index in [1.165, 1.54) is 0 Å². The Morgan fingerprint density at radius 3 is 3.00 bits per heavy atom. The molecule has 9 heteroatoms. The first-order chi connectivity index (χ1) is 16.5. The molecule has 0 saturated carbocycles. The number of amides is 2. The molecule has 2 aromatic heterocycles. The smallest absolute Gasteiger partial charge is 0.265 e. The molecule has 4 heterocycles. The van der Waals surface area contributed by atoms with E-state index in [0.717, 1.165) is 36.6 Å². The third-order valence-electron chi connectivity index (χ3n) is 6.36. The van der Waals surface area contributed by atoms with Gasteiger partial charge in [0.05, 0.1) is 17.4 Å². The van der Waals surface area contributed by atoms with Crippen LogP contribution in [0.1, 0.15) is 43.7 Å². The number of nitrogens with zero attached hydrogens (tertiary/aromatic N) is 5. The minimum atomic E-state index is -0.179. The highest BCUT2D eigenvalue weighted by Gasteiger charge is 2.32. The van der Waals surface area contributed by atoms with E-state index < -0.39 is 0 Å². The van der Waals surface area contributed by atoms with Crippen molar-refractivity contribution >= 4 is 29.1 Å². The fraction of sp³-hybridized carbons (Fsp3) is 0.360. The molecule has 176 valence electrons. The zero-order valence-corrected chi connectivity index (χ0v) is 19.7. The van der Waals surface area contributed by atoms with Crippen molar-refractivity contribution in [1.82, 2.24) is 19.4 Å². The zero-order valence-electron chi connectivity index (χ0n) is 19.0. The van der Waals surface area contributed by atoms with E-state index in [9.17, 15) is 9.59 Å². The van der Waals surface area contributed by atoms with Gasteiger partial charge in [-0.15, -0.1) is 0 Å². The van der Waals surface area contributed by atoms with Crippen LogP contribution >= 0.6 is 11.6 Å². The second-order valence-electron chi connectivity index (χ2n) is 8.43. The van der Waals surface area contributed by atoms with Crippen LogP contribution in [0.25, 0.3) is 5.82 Å². The van der Waals surface area contributed by atoms with Gasteiger partial charge in [0, 0.05) is 43.3 Å². The molecule has 1 fully saturated rings. The first-order valence-corrected chi connectivity index (χ1v) is 11.9. The molecule has 1 saturated heterocycles. The van der Waals surface area contributed by atoms with Crippen LogP contribution in [0.3, 0.4) is 0 Å². The number of imidazole rings is 1. The lowest BCUT2D eigenvalue weighted by atomic mass is 10.1. The number of ether oxygens (including phenoxy) is 1. The maximum absolute atomic E-state index is 13.3. The number of fused-ring (bicyclic) bond motifs is 1. The number of pyridine rings is 1. The van der Waals surface area contributed by atoms with Gasteiger partial charge in [0.25, 0.3) is 5.91 Å². The fourth-order valence-electron chi connectivity index (χ4n) is 4.71. The molecule has 0 spiro atoms. The van der Waals surface area contributed by atoms with Crippen molar-refractivity contribution in [3.05, 3.63) is 65.3 Å². The molecule has 2 aliphatic rings. The summed E-state index contributed by atoms with van der Waals surface area (Å²) < 4.78 is 7.48. The summed E-state index contributed by atoms with van der Waals surface area (Å²) in [5.74, 6) is 2.18. The van der Waals surface area contributed by atoms with Crippen LogP contribution in [-0.2, 0) is 16.0 Å². The van der Waals surface area contributed by atoms with Gasteiger partial charge in [0.15, 0.2) is 6.61 Å². The van der Waals surface area contributed by atoms with Gasteiger partial charge < -0.3 is 14.5 Å². The fourth-order valence-corrected chi connectivity index (χ4v) is 4.87. The number of likely N-dealkylation sites (tertiary alicyclic amines) is 1. The average molecular weight is 480 g/mol. The Morgan fingerprint density at radius 1 is 1.26 bits per heavy atom. The predicted octanol–water partition coefficient (Wildman–Crippen LogP) is 3.96. The van der Waals surface area contributed by atoms with Gasteiger partial charge >= 0.3 is 0 Å². The minimum absolute atomic E-state index is 0.00875. The number of carbonyl (C=O) groups excluding carboxylic acids is 2. The van der Waals surface area contributed by atoms with Gasteiger partial charge in [-0.3, -0.25) is 14.2 Å². The minimum Gasteiger partial charge on any atom is -0.482 e. The van der Waals surface area contributed by atoms with Crippen LogP contribution in [0.5, 0.6) is 5.75 Å². The van der Waals surface area contributed by atoms with E-state index in [2.05, 4.69) is 11.9 Å². The van der Waals surface area contributed by atoms with E-state index in [1.807, 2.05) is 33.9 Å². The summed E-state index contributed by atoms with van der Waals surface area (Å²) in [6, 6.07) is 11.0. The summed E-state index contributed by atoms with van der Waals surface area (Å²) in [5.41, 5.74) is 1.48. The third kappa shape index (κ3) is 4.25. The van der Waals surface area contributed by atoms with E-state index in [-0.39, 0.29) is 37.4 Å². The molecule has 2 aliphatic heterocycles. The molecule has 0 N–H and O–H groups in total. The Labute approximate surface area is 203 Å². The number of rotatable bonds is 6. The highest BCUT2D eigenvalue weighted by Crippen LogP contribution is 2.35. The van der Waals surface area contributed by atoms with E-state index in [0.29, 0.717) is 23.0 Å². The Kier molecular flexibility index (Phi) is 6.24. The number of benzene rings is 1. The van der Waals surface area contributed by atoms with Crippen molar-refractivity contribution in [3.8, 4) is 11.6 Å². The van der Waals surface area contributed by atoms with Gasteiger partial charge in [0.1, 0.15) is 17.4 Å². The molecule has 2 amide bonds. The molecule has 5 rings (SSSR count). The van der Waals surface area contributed by atoms with E-state index >= 15 is 0 Å². The van der Waals surface area contributed by atoms with E-state index in [1.54, 1.807) is 29.3 Å². The van der Waals surface area contributed by atoms with Crippen molar-refractivity contribution in [3.63, 3.8) is 0 Å². The lowest BCUT2D eigenvalue weighted by Crippen LogP contribution is -2.41. The molecule has 1 unspecified atom stereocenters. The molecule has 34 heavy (non-hydrogen) atoms. The summed E-state index contributed by atoms with van der Waals surface area (Å²) in [5, 5.41) is 0.517. The van der Waals surface area contributed by atoms with Gasteiger partial charge in [-0.2, -0.15) is 0 Å². The second-order valence-corrected chi connectivity index (χ2v) is 8.87. The number of anilines is 1. The van der Waals surface area contributed by atoms with Crippen molar-refractivity contribution < 1.29 is 14.3 Å². The summed E-state index contributed by atoms with van der Waals surface area (Å²) in [4.78, 5) is 38.5. The number of hydrogen-bond donors (Lipinski definition) is 0. The summed E-state index contributed by atoms with van der Waals surface area (Å²) in [6.45, 7) is 2.98. The number of halogens is 1. The maximum atomic E-state index is 13.3. The molecular formula is C25H26ClN5O3. The molecule has 0 aliphatic carbocycles. The van der Waals surface area contributed by atoms with Gasteiger partial charge in [-0.05, 0) is 43.2 Å². The zero-order chi connectivity index (χ0) is 23.7. The Bertz CT molecular complexity index is 1230. The first-order valence-electron chi connectivity index (χ1n) is 11.6. The summed E-state index contributed by atoms with van der Waals surface area (Å²) in [7, 11) is 0. The number of hydrogen-bond acceptors (Lipinski definition) is 5. The second kappa shape index (κ2) is 9.46. The highest BCUT2D eigenvalue weighted by atomic mass is 35.5. The Morgan fingerprint density at radius 2 is 2.15 bits per heavy atom. The topological polar surface area (TPSA) is 80.6 Å². The van der Waals surface area contributed by atoms with Gasteiger partial charge in [-0.25, -0.2) is 9.97 Å². The van der Waals surface area contributed by atoms with E-state index in [4.69, 9.17) is 21.3 Å². The van der Waals surface area contributed by atoms with Crippen molar-refractivity contribution in [2.45, 2.75) is 38.6 Å². The number of carbonyl (C=O) groups is 2. The van der Waals surface area contributed by atoms with Crippen LogP contribution in [0.2, 0.25) is 5.02 Å². The van der Waals surface area contributed by atoms with Crippen molar-refractivity contribution in [2.75, 3.05) is 24.6 Å². The molecule has 3 aromatic rings. The molecular weight excluding hydrogens is 454 g/mol. The quantitative estimate of drug-likeness (QED) is 0.534. The predicted molar refractivity (Wildman–Crippen MR) is 128 cm³/mol. The summed E-state index contributed by atoms with van der Waals surface area (Å²) in [6.07, 6.45) is 6.49. The SMILES string of the molecule is CCc1nccn1-c1cccc(C2CCCN2C(=O)CCN2C(=O)COc3ccc(Cl)cc32)n1. The van der Waals surface area contributed by atoms with Gasteiger partial charge in [0.2, 0.25) is 5.91 Å². The van der Waals surface area contributed by atoms with Crippen molar-refractivity contribution in [2.24, 2.45) is 0 Å². The Hall–Kier alpha value is -3.39. The third-order valence-corrected chi connectivity index (χ3v) is 6.60. The first kappa shape index (κ1) is 22.4. The molecule has 0 bridgehead atoms. The molecule has 0 radical (unpaired) electrons. The molecule has 1 atom stereocenters. The van der Waals surface area contributed by atoms with Crippen LogP contribution in [0.4, 0.5) is 5.69 Å². The normalized spacial score (nSPS) is 17.6. The van der Waals surface area contributed by atoms with Crippen LogP contribution < -0.4 is 9.64 Å². The lowest BCUT2D eigenvalue weighted by Gasteiger charge is -2.30. The average Bonchev–Trinajstić information content (AvgIpc) is 3.53. The number of aromatic nitrogens is 3. The lowest BCUT2D eigenvalue weighted by molar-refractivity contribution is -0.132. The van der Waals surface area contributed by atoms with Crippen LogP contribution in [-0.4, -0.2) is 50.9 Å². The number of aryl methyl sites for hydroxylation is 1. The molecule has 8 nitrogen and oxygen atoms in total. The molecule has 1 aromatic carbocycles. The van der Waals surface area contributed by atoms with Gasteiger partial charge in [-0.1, -0.05) is 24.6 Å². The standard InChI is InChI=1S/C25H26ClN5O3/c1-2-22-27-11-14-31(22)23-7-3-5-18(28-23)19-6-4-12-29(19)24(32)10-13-30-20-15-17(26)8-9-21(20)34-16-25(30)33/h3,5,7-9,11,14-15,19H,2,4,6,10,12-13,16H2,1H3. The van der Waals surface area contributed by atoms with Crippen molar-refractivity contribution in [1.29, 1.82) is 0 Å². The van der Waals surface area contributed by atoms with Crippen LogP contribution in [0, 0.1) is 0 Å². The summed E-state index contributed by atoms with van der Waals surface area (Å²) >= 11 is 6.13. The maximum Gasteiger partial charge on any atom is 0.265 e.